The molecule has 0 saturated carbocycles. The number of amides is 3. The molecule has 10 heteroatoms. The number of rotatable bonds is 8. The largest absolute Gasteiger partial charge is 0.467 e. The molecule has 2 N–H and O–H groups in total. The zero-order valence-corrected chi connectivity index (χ0v) is 24.6. The van der Waals surface area contributed by atoms with Crippen LogP contribution in [-0.4, -0.2) is 108 Å². The van der Waals surface area contributed by atoms with Crippen molar-refractivity contribution in [2.24, 2.45) is 11.3 Å². The molecule has 0 bridgehead atoms. The van der Waals surface area contributed by atoms with Crippen LogP contribution in [0.15, 0.2) is 11.6 Å². The fourth-order valence-electron chi connectivity index (χ4n) is 5.35. The molecule has 2 unspecified atom stereocenters. The van der Waals surface area contributed by atoms with E-state index in [1.165, 1.54) is 12.0 Å². The first-order chi connectivity index (χ1) is 17.6. The predicted octanol–water partition coefficient (Wildman–Crippen LogP) is 1.57. The molecule has 3 amide bonds. The second-order valence-corrected chi connectivity index (χ2v) is 12.2. The summed E-state index contributed by atoms with van der Waals surface area (Å²) >= 11 is 0. The maximum atomic E-state index is 13.8. The minimum absolute atomic E-state index is 0.0342. The number of likely N-dealkylation sites (tertiary alicyclic amines) is 2. The lowest BCUT2D eigenvalue weighted by atomic mass is 9.84. The second kappa shape index (κ2) is 13.1. The number of nitrogens with zero attached hydrogens (tertiary/aromatic N) is 3. The van der Waals surface area contributed by atoms with Gasteiger partial charge in [0.2, 0.25) is 17.7 Å². The summed E-state index contributed by atoms with van der Waals surface area (Å²) in [6.45, 7) is 12.2. The molecule has 2 rings (SSSR count). The minimum atomic E-state index is -0.846. The van der Waals surface area contributed by atoms with Gasteiger partial charge in [-0.25, -0.2) is 4.79 Å². The second-order valence-electron chi connectivity index (χ2n) is 12.2. The third-order valence-corrected chi connectivity index (χ3v) is 7.72. The van der Waals surface area contributed by atoms with Crippen molar-refractivity contribution in [1.29, 1.82) is 0 Å². The van der Waals surface area contributed by atoms with Gasteiger partial charge in [0.05, 0.1) is 25.3 Å². The van der Waals surface area contributed by atoms with Gasteiger partial charge in [0.25, 0.3) is 0 Å². The van der Waals surface area contributed by atoms with Gasteiger partial charge in [-0.1, -0.05) is 47.1 Å². The highest BCUT2D eigenvalue weighted by atomic mass is 16.5. The van der Waals surface area contributed by atoms with Crippen molar-refractivity contribution in [1.82, 2.24) is 20.0 Å². The summed E-state index contributed by atoms with van der Waals surface area (Å²) in [7, 11) is 4.88. The number of hydrogen-bond acceptors (Lipinski definition) is 7. The Morgan fingerprint density at radius 2 is 1.76 bits per heavy atom. The molecule has 0 aromatic heterocycles. The van der Waals surface area contributed by atoms with Crippen LogP contribution in [0.3, 0.4) is 0 Å². The molecule has 0 spiro atoms. The van der Waals surface area contributed by atoms with E-state index in [1.54, 1.807) is 24.9 Å². The number of piperidine rings is 1. The number of aliphatic hydroxyl groups is 1. The Labute approximate surface area is 227 Å². The van der Waals surface area contributed by atoms with Gasteiger partial charge < -0.3 is 25.0 Å². The minimum Gasteiger partial charge on any atom is -0.467 e. The summed E-state index contributed by atoms with van der Waals surface area (Å²) in [5.74, 6) is -1.36. The van der Waals surface area contributed by atoms with Crippen LogP contribution in [0.1, 0.15) is 67.2 Å². The van der Waals surface area contributed by atoms with E-state index in [9.17, 15) is 24.3 Å². The van der Waals surface area contributed by atoms with Gasteiger partial charge in [-0.2, -0.15) is 0 Å². The van der Waals surface area contributed by atoms with E-state index in [4.69, 9.17) is 4.74 Å². The van der Waals surface area contributed by atoms with Crippen LogP contribution in [0.2, 0.25) is 0 Å². The van der Waals surface area contributed by atoms with Crippen LogP contribution in [-0.2, 0) is 23.9 Å². The lowest BCUT2D eigenvalue weighted by molar-refractivity contribution is -0.149. The number of β-amino-alcohol motifs (C(OH)–C–C–N with tert-alkyl or cyclic N) is 1. The normalized spacial score (nSPS) is 24.7. The van der Waals surface area contributed by atoms with Gasteiger partial charge in [-0.05, 0) is 44.7 Å². The van der Waals surface area contributed by atoms with E-state index in [0.717, 1.165) is 25.8 Å². The van der Waals surface area contributed by atoms with Crippen LogP contribution in [0.5, 0.6) is 0 Å². The van der Waals surface area contributed by atoms with Crippen LogP contribution in [0.4, 0.5) is 0 Å². The topological polar surface area (TPSA) is 119 Å². The van der Waals surface area contributed by atoms with Crippen molar-refractivity contribution in [3.8, 4) is 0 Å². The zero-order valence-electron chi connectivity index (χ0n) is 24.6. The molecule has 2 heterocycles. The highest BCUT2D eigenvalue weighted by molar-refractivity contribution is 5.96. The molecule has 38 heavy (non-hydrogen) atoms. The summed E-state index contributed by atoms with van der Waals surface area (Å²) in [4.78, 5) is 57.5. The molecule has 0 aromatic carbocycles. The van der Waals surface area contributed by atoms with Crippen LogP contribution < -0.4 is 5.32 Å². The zero-order chi connectivity index (χ0) is 28.9. The Kier molecular flexibility index (Phi) is 10.9. The monoisotopic (exact) mass is 536 g/mol. The quantitative estimate of drug-likeness (QED) is 0.357. The Bertz CT molecular complexity index is 912. The van der Waals surface area contributed by atoms with Gasteiger partial charge in [0, 0.05) is 25.6 Å². The summed E-state index contributed by atoms with van der Waals surface area (Å²) in [5.41, 5.74) is -0.171. The third kappa shape index (κ3) is 7.56. The molecule has 2 saturated heterocycles. The summed E-state index contributed by atoms with van der Waals surface area (Å²) in [6.07, 6.45) is 3.86. The Hall–Kier alpha value is -2.46. The number of ether oxygens (including phenoxy) is 1. The van der Waals surface area contributed by atoms with Crippen LogP contribution in [0, 0.1) is 11.3 Å². The average molecular weight is 537 g/mol. The van der Waals surface area contributed by atoms with Gasteiger partial charge in [-0.3, -0.25) is 19.3 Å². The number of esters is 1. The molecule has 10 nitrogen and oxygen atoms in total. The Balaban J connectivity index is 2.27. The SMILES string of the molecule is COC(=O)[C@@H]1C[C@@H](O)CN1C(=O)/C(C)=C/[C@H](C(C)C)N(C)C(=O)C(NC(=O)C1CCCCN1C)C(C)(C)C. The van der Waals surface area contributed by atoms with E-state index in [2.05, 4.69) is 5.32 Å². The van der Waals surface area contributed by atoms with Crippen molar-refractivity contribution in [3.05, 3.63) is 11.6 Å². The molecule has 2 aliphatic rings. The number of hydrogen-bond donors (Lipinski definition) is 2. The van der Waals surface area contributed by atoms with Crippen molar-refractivity contribution in [2.45, 2.75) is 97.5 Å². The van der Waals surface area contributed by atoms with Crippen molar-refractivity contribution < 1.29 is 29.0 Å². The van der Waals surface area contributed by atoms with Crippen molar-refractivity contribution in [3.63, 3.8) is 0 Å². The Morgan fingerprint density at radius 1 is 1.13 bits per heavy atom. The van der Waals surface area contributed by atoms with Crippen molar-refractivity contribution >= 4 is 23.7 Å². The van der Waals surface area contributed by atoms with E-state index >= 15 is 0 Å². The van der Waals surface area contributed by atoms with E-state index in [0.29, 0.717) is 5.57 Å². The van der Waals surface area contributed by atoms with E-state index in [-0.39, 0.29) is 42.6 Å². The molecule has 5 atom stereocenters. The lowest BCUT2D eigenvalue weighted by Crippen LogP contribution is -2.59. The molecule has 2 fully saturated rings. The fourth-order valence-corrected chi connectivity index (χ4v) is 5.35. The molecule has 2 aliphatic heterocycles. The number of likely N-dealkylation sites (N-methyl/N-ethyl adjacent to an activating group) is 2. The molecular formula is C28H48N4O6. The summed E-state index contributed by atoms with van der Waals surface area (Å²) < 4.78 is 4.82. The first kappa shape index (κ1) is 31.8. The molecule has 0 radical (unpaired) electrons. The number of aliphatic hydroxyl groups excluding tert-OH is 1. The number of carbonyl (C=O) groups is 4. The van der Waals surface area contributed by atoms with E-state index < -0.39 is 35.6 Å². The summed E-state index contributed by atoms with van der Waals surface area (Å²) in [6, 6.07) is -2.29. The lowest BCUT2D eigenvalue weighted by Gasteiger charge is -2.39. The number of carbonyl (C=O) groups excluding carboxylic acids is 4. The first-order valence-electron chi connectivity index (χ1n) is 13.6. The van der Waals surface area contributed by atoms with Crippen LogP contribution >= 0.6 is 0 Å². The predicted molar refractivity (Wildman–Crippen MR) is 145 cm³/mol. The van der Waals surface area contributed by atoms with Gasteiger partial charge in [0.15, 0.2) is 0 Å². The van der Waals surface area contributed by atoms with Crippen molar-refractivity contribution in [2.75, 3.05) is 34.3 Å². The molecule has 216 valence electrons. The van der Waals surface area contributed by atoms with E-state index in [1.807, 2.05) is 46.6 Å². The van der Waals surface area contributed by atoms with Gasteiger partial charge >= 0.3 is 5.97 Å². The highest BCUT2D eigenvalue weighted by Gasteiger charge is 2.41. The standard InChI is InChI=1S/C28H48N4O6/c1-17(2)21(14-18(3)25(35)32-16-19(33)15-22(32)27(37)38-9)31(8)26(36)23(28(4,5)6)29-24(34)20-12-10-11-13-30(20)7/h14,17,19-23,33H,10-13,15-16H2,1-9H3,(H,29,34)/b18-14+/t19-,20?,21-,22+,23?/m1/s1. The molecule has 0 aromatic rings. The highest BCUT2D eigenvalue weighted by Crippen LogP contribution is 2.26. The Morgan fingerprint density at radius 3 is 2.29 bits per heavy atom. The maximum absolute atomic E-state index is 13.8. The molecule has 0 aliphatic carbocycles. The summed E-state index contributed by atoms with van der Waals surface area (Å²) in [5, 5.41) is 13.1. The number of nitrogens with one attached hydrogen (secondary N) is 1. The average Bonchev–Trinajstić information content (AvgIpc) is 3.24. The molecular weight excluding hydrogens is 488 g/mol. The third-order valence-electron chi connectivity index (χ3n) is 7.72. The first-order valence-corrected chi connectivity index (χ1v) is 13.6. The van der Waals surface area contributed by atoms with Crippen LogP contribution in [0.25, 0.3) is 0 Å². The fraction of sp³-hybridized carbons (Fsp3) is 0.786. The maximum Gasteiger partial charge on any atom is 0.328 e. The van der Waals surface area contributed by atoms with Gasteiger partial charge in [0.1, 0.15) is 12.1 Å². The van der Waals surface area contributed by atoms with Gasteiger partial charge in [-0.15, -0.1) is 0 Å². The smallest absolute Gasteiger partial charge is 0.328 e. The number of methoxy groups -OCH3 is 1.